The highest BCUT2D eigenvalue weighted by Crippen LogP contribution is 2.17. The first-order chi connectivity index (χ1) is 10.9. The first-order valence-corrected chi connectivity index (χ1v) is 7.72. The number of nitrogens with one attached hydrogen (secondary N) is 1. The molecule has 0 aliphatic carbocycles. The van der Waals surface area contributed by atoms with E-state index in [1.807, 2.05) is 0 Å². The standard InChI is InChI=1S/C17H16BrFN2O2/c1-20-16(22)12-5-3-11(4-6-12)10-21(2)17(23)13-7-14(18)9-15(19)8-13/h3-9H,10H2,1-2H3,(H,20,22). The molecule has 6 heteroatoms. The summed E-state index contributed by atoms with van der Waals surface area (Å²) in [6.45, 7) is 0.362. The Morgan fingerprint density at radius 1 is 1.13 bits per heavy atom. The predicted octanol–water partition coefficient (Wildman–Crippen LogP) is 3.22. The molecule has 4 nitrogen and oxygen atoms in total. The molecular formula is C17H16BrFN2O2. The van der Waals surface area contributed by atoms with Crippen LogP contribution in [0.5, 0.6) is 0 Å². The van der Waals surface area contributed by atoms with Crippen LogP contribution in [0.3, 0.4) is 0 Å². The lowest BCUT2D eigenvalue weighted by molar-refractivity contribution is 0.0784. The van der Waals surface area contributed by atoms with Crippen LogP contribution in [0.25, 0.3) is 0 Å². The van der Waals surface area contributed by atoms with Gasteiger partial charge in [-0.05, 0) is 35.9 Å². The van der Waals surface area contributed by atoms with Gasteiger partial charge in [0.05, 0.1) is 0 Å². The van der Waals surface area contributed by atoms with Crippen molar-refractivity contribution in [2.75, 3.05) is 14.1 Å². The van der Waals surface area contributed by atoms with Gasteiger partial charge in [0.15, 0.2) is 0 Å². The van der Waals surface area contributed by atoms with Crippen molar-refractivity contribution in [3.63, 3.8) is 0 Å². The third kappa shape index (κ3) is 4.39. The molecule has 0 fully saturated rings. The number of halogens is 2. The lowest BCUT2D eigenvalue weighted by Gasteiger charge is -2.18. The van der Waals surface area contributed by atoms with E-state index in [0.717, 1.165) is 5.56 Å². The van der Waals surface area contributed by atoms with Crippen LogP contribution >= 0.6 is 15.9 Å². The minimum absolute atomic E-state index is 0.161. The minimum Gasteiger partial charge on any atom is -0.355 e. The molecule has 0 radical (unpaired) electrons. The van der Waals surface area contributed by atoms with Crippen molar-refractivity contribution in [1.29, 1.82) is 0 Å². The van der Waals surface area contributed by atoms with Crippen LogP contribution in [-0.2, 0) is 6.54 Å². The number of benzene rings is 2. The molecule has 2 amide bonds. The molecule has 0 saturated heterocycles. The minimum atomic E-state index is -0.467. The fourth-order valence-electron chi connectivity index (χ4n) is 2.15. The molecule has 0 spiro atoms. The Kier molecular flexibility index (Phi) is 5.50. The highest BCUT2D eigenvalue weighted by atomic mass is 79.9. The molecule has 0 bridgehead atoms. The van der Waals surface area contributed by atoms with Crippen LogP contribution in [0, 0.1) is 5.82 Å². The molecule has 0 saturated carbocycles. The SMILES string of the molecule is CNC(=O)c1ccc(CN(C)C(=O)c2cc(F)cc(Br)c2)cc1. The molecule has 0 aliphatic heterocycles. The van der Waals surface area contributed by atoms with E-state index in [4.69, 9.17) is 0 Å². The average Bonchev–Trinajstić information content (AvgIpc) is 2.53. The molecule has 0 atom stereocenters. The summed E-state index contributed by atoms with van der Waals surface area (Å²) in [5, 5.41) is 2.55. The maximum Gasteiger partial charge on any atom is 0.254 e. The Labute approximate surface area is 142 Å². The summed E-state index contributed by atoms with van der Waals surface area (Å²) in [4.78, 5) is 25.3. The molecule has 0 heterocycles. The number of nitrogens with zero attached hydrogens (tertiary/aromatic N) is 1. The van der Waals surface area contributed by atoms with Crippen LogP contribution in [0.2, 0.25) is 0 Å². The summed E-state index contributed by atoms with van der Waals surface area (Å²) in [6, 6.07) is 11.1. The van der Waals surface area contributed by atoms with Gasteiger partial charge in [0, 0.05) is 36.2 Å². The van der Waals surface area contributed by atoms with Gasteiger partial charge >= 0.3 is 0 Å². The maximum atomic E-state index is 13.4. The topological polar surface area (TPSA) is 49.4 Å². The second-order valence-corrected chi connectivity index (χ2v) is 6.01. The quantitative estimate of drug-likeness (QED) is 0.887. The van der Waals surface area contributed by atoms with Gasteiger partial charge in [-0.1, -0.05) is 28.1 Å². The lowest BCUT2D eigenvalue weighted by atomic mass is 10.1. The van der Waals surface area contributed by atoms with E-state index >= 15 is 0 Å². The highest BCUT2D eigenvalue weighted by Gasteiger charge is 2.14. The molecule has 1 N–H and O–H groups in total. The zero-order chi connectivity index (χ0) is 17.0. The first kappa shape index (κ1) is 17.1. The summed E-state index contributed by atoms with van der Waals surface area (Å²) >= 11 is 3.18. The van der Waals surface area contributed by atoms with Crippen LogP contribution in [-0.4, -0.2) is 30.8 Å². The molecule has 0 aromatic heterocycles. The number of hydrogen-bond donors (Lipinski definition) is 1. The third-order valence-corrected chi connectivity index (χ3v) is 3.78. The summed E-state index contributed by atoms with van der Waals surface area (Å²) in [5.41, 5.74) is 1.71. The number of carbonyl (C=O) groups is 2. The van der Waals surface area contributed by atoms with E-state index in [1.54, 1.807) is 44.4 Å². The van der Waals surface area contributed by atoms with Gasteiger partial charge in [0.2, 0.25) is 0 Å². The van der Waals surface area contributed by atoms with E-state index in [1.165, 1.54) is 17.0 Å². The van der Waals surface area contributed by atoms with Crippen molar-refractivity contribution in [3.8, 4) is 0 Å². The summed E-state index contributed by atoms with van der Waals surface area (Å²) in [5.74, 6) is -0.905. The third-order valence-electron chi connectivity index (χ3n) is 3.32. The Morgan fingerprint density at radius 3 is 2.35 bits per heavy atom. The number of hydrogen-bond acceptors (Lipinski definition) is 2. The molecule has 2 aromatic carbocycles. The van der Waals surface area contributed by atoms with Gasteiger partial charge in [-0.15, -0.1) is 0 Å². The maximum absolute atomic E-state index is 13.4. The van der Waals surface area contributed by atoms with Crippen molar-refractivity contribution in [2.45, 2.75) is 6.54 Å². The zero-order valence-electron chi connectivity index (χ0n) is 12.8. The van der Waals surface area contributed by atoms with E-state index in [-0.39, 0.29) is 17.4 Å². The predicted molar refractivity (Wildman–Crippen MR) is 89.7 cm³/mol. The van der Waals surface area contributed by atoms with Gasteiger partial charge < -0.3 is 10.2 Å². The molecule has 120 valence electrons. The Bertz CT molecular complexity index is 712. The van der Waals surface area contributed by atoms with Crippen molar-refractivity contribution in [1.82, 2.24) is 10.2 Å². The van der Waals surface area contributed by atoms with E-state index in [9.17, 15) is 14.0 Å². The number of amides is 2. The normalized spacial score (nSPS) is 10.3. The molecule has 0 aliphatic rings. The molecule has 2 rings (SSSR count). The lowest BCUT2D eigenvalue weighted by Crippen LogP contribution is -2.26. The molecule has 0 unspecified atom stereocenters. The van der Waals surface area contributed by atoms with Crippen LogP contribution < -0.4 is 5.32 Å². The largest absolute Gasteiger partial charge is 0.355 e. The Hall–Kier alpha value is -2.21. The van der Waals surface area contributed by atoms with Gasteiger partial charge in [0.1, 0.15) is 5.82 Å². The smallest absolute Gasteiger partial charge is 0.254 e. The van der Waals surface area contributed by atoms with Crippen LogP contribution in [0.4, 0.5) is 4.39 Å². The highest BCUT2D eigenvalue weighted by molar-refractivity contribution is 9.10. The first-order valence-electron chi connectivity index (χ1n) is 6.93. The second kappa shape index (κ2) is 7.37. The van der Waals surface area contributed by atoms with Gasteiger partial charge in [0.25, 0.3) is 11.8 Å². The number of carbonyl (C=O) groups excluding carboxylic acids is 2. The van der Waals surface area contributed by atoms with E-state index < -0.39 is 5.82 Å². The zero-order valence-corrected chi connectivity index (χ0v) is 14.4. The monoisotopic (exact) mass is 378 g/mol. The van der Waals surface area contributed by atoms with Gasteiger partial charge in [-0.3, -0.25) is 9.59 Å². The number of rotatable bonds is 4. The molecule has 2 aromatic rings. The Morgan fingerprint density at radius 2 is 1.78 bits per heavy atom. The van der Waals surface area contributed by atoms with Crippen LogP contribution in [0.1, 0.15) is 26.3 Å². The van der Waals surface area contributed by atoms with Crippen molar-refractivity contribution < 1.29 is 14.0 Å². The molecule has 23 heavy (non-hydrogen) atoms. The Balaban J connectivity index is 2.10. The van der Waals surface area contributed by atoms with Crippen molar-refractivity contribution in [2.24, 2.45) is 0 Å². The summed E-state index contributed by atoms with van der Waals surface area (Å²) < 4.78 is 13.9. The second-order valence-electron chi connectivity index (χ2n) is 5.10. The fourth-order valence-corrected chi connectivity index (χ4v) is 2.61. The van der Waals surface area contributed by atoms with Crippen LogP contribution in [0.15, 0.2) is 46.9 Å². The van der Waals surface area contributed by atoms with Crippen molar-refractivity contribution in [3.05, 3.63) is 69.4 Å². The van der Waals surface area contributed by atoms with E-state index in [0.29, 0.717) is 16.6 Å². The van der Waals surface area contributed by atoms with Gasteiger partial charge in [-0.25, -0.2) is 4.39 Å². The molecular weight excluding hydrogens is 363 g/mol. The summed E-state index contributed by atoms with van der Waals surface area (Å²) in [7, 11) is 3.22. The van der Waals surface area contributed by atoms with E-state index in [2.05, 4.69) is 21.2 Å². The van der Waals surface area contributed by atoms with Gasteiger partial charge in [-0.2, -0.15) is 0 Å². The average molecular weight is 379 g/mol. The fraction of sp³-hybridized carbons (Fsp3) is 0.176. The van der Waals surface area contributed by atoms with Crippen molar-refractivity contribution >= 4 is 27.7 Å². The summed E-state index contributed by atoms with van der Waals surface area (Å²) in [6.07, 6.45) is 0.